The Hall–Kier alpha value is -0.830. The molecule has 0 heterocycles. The molecule has 0 saturated heterocycles. The highest BCUT2D eigenvalue weighted by Gasteiger charge is 2.24. The first-order valence-corrected chi connectivity index (χ1v) is 5.28. The topological polar surface area (TPSA) is 49.3 Å². The molecule has 14 heavy (non-hydrogen) atoms. The summed E-state index contributed by atoms with van der Waals surface area (Å²) in [5.41, 5.74) is 0.249. The second-order valence-corrected chi connectivity index (χ2v) is 4.07. The zero-order chi connectivity index (χ0) is 10.6. The first kappa shape index (κ1) is 11.2. The van der Waals surface area contributed by atoms with Crippen LogP contribution in [-0.4, -0.2) is 23.7 Å². The maximum Gasteiger partial charge on any atom is 0.332 e. The summed E-state index contributed by atoms with van der Waals surface area (Å²) >= 11 is 0. The Morgan fingerprint density at radius 1 is 1.64 bits per heavy atom. The molecule has 1 saturated carbocycles. The molecule has 0 amide bonds. The fraction of sp³-hybridized carbons (Fsp3) is 0.727. The molecule has 2 N–H and O–H groups in total. The van der Waals surface area contributed by atoms with E-state index in [4.69, 9.17) is 5.11 Å². The third-order valence-corrected chi connectivity index (χ3v) is 2.71. The highest BCUT2D eigenvalue weighted by molar-refractivity contribution is 5.86. The number of hydrogen-bond donors (Lipinski definition) is 2. The van der Waals surface area contributed by atoms with E-state index in [0.29, 0.717) is 12.6 Å². The van der Waals surface area contributed by atoms with Gasteiger partial charge in [-0.25, -0.2) is 4.79 Å². The summed E-state index contributed by atoms with van der Waals surface area (Å²) in [6, 6.07) is 0.457. The number of nitrogens with one attached hydrogen (secondary N) is 1. The van der Waals surface area contributed by atoms with Crippen LogP contribution in [-0.2, 0) is 4.79 Å². The Balaban J connectivity index is 2.18. The summed E-state index contributed by atoms with van der Waals surface area (Å²) in [6.07, 6.45) is 4.93. The summed E-state index contributed by atoms with van der Waals surface area (Å²) in [5.74, 6) is -0.0238. The van der Waals surface area contributed by atoms with Gasteiger partial charge in [-0.05, 0) is 18.8 Å². The third-order valence-electron chi connectivity index (χ3n) is 2.71. The van der Waals surface area contributed by atoms with Crippen LogP contribution in [0, 0.1) is 5.92 Å². The van der Waals surface area contributed by atoms with Crippen molar-refractivity contribution in [1.29, 1.82) is 0 Å². The average molecular weight is 197 g/mol. The smallest absolute Gasteiger partial charge is 0.332 e. The molecule has 1 aliphatic carbocycles. The Labute approximate surface area is 85.2 Å². The second kappa shape index (κ2) is 5.15. The first-order valence-electron chi connectivity index (χ1n) is 5.28. The highest BCUT2D eigenvalue weighted by Crippen LogP contribution is 2.33. The molecule has 0 bridgehead atoms. The van der Waals surface area contributed by atoms with Crippen molar-refractivity contribution in [3.63, 3.8) is 0 Å². The van der Waals surface area contributed by atoms with Gasteiger partial charge >= 0.3 is 5.97 Å². The zero-order valence-corrected chi connectivity index (χ0v) is 8.75. The largest absolute Gasteiger partial charge is 0.478 e. The van der Waals surface area contributed by atoms with Crippen LogP contribution >= 0.6 is 0 Å². The van der Waals surface area contributed by atoms with Crippen LogP contribution in [0.3, 0.4) is 0 Å². The monoisotopic (exact) mass is 197 g/mol. The summed E-state index contributed by atoms with van der Waals surface area (Å²) < 4.78 is 0. The van der Waals surface area contributed by atoms with E-state index in [1.165, 1.54) is 19.3 Å². The normalized spacial score (nSPS) is 17.8. The maximum absolute atomic E-state index is 10.5. The number of aliphatic carboxylic acids is 1. The van der Waals surface area contributed by atoms with Gasteiger partial charge in [-0.3, -0.25) is 0 Å². The van der Waals surface area contributed by atoms with Crippen LogP contribution in [0.5, 0.6) is 0 Å². The van der Waals surface area contributed by atoms with Crippen LogP contribution in [0.1, 0.15) is 32.6 Å². The predicted molar refractivity (Wildman–Crippen MR) is 56.2 cm³/mol. The van der Waals surface area contributed by atoms with Crippen molar-refractivity contribution in [2.24, 2.45) is 5.92 Å². The van der Waals surface area contributed by atoms with E-state index in [0.717, 1.165) is 12.3 Å². The lowest BCUT2D eigenvalue weighted by Gasteiger charge is -2.16. The average Bonchev–Trinajstić information content (AvgIpc) is 2.95. The molecule has 80 valence electrons. The molecule has 0 spiro atoms. The summed E-state index contributed by atoms with van der Waals surface area (Å²) in [4.78, 5) is 10.5. The van der Waals surface area contributed by atoms with E-state index in [9.17, 15) is 4.79 Å². The molecule has 0 radical (unpaired) electrons. The fourth-order valence-corrected chi connectivity index (χ4v) is 1.49. The van der Waals surface area contributed by atoms with Gasteiger partial charge in [0.05, 0.1) is 0 Å². The van der Waals surface area contributed by atoms with E-state index in [1.807, 2.05) is 0 Å². The van der Waals surface area contributed by atoms with Gasteiger partial charge in [-0.2, -0.15) is 0 Å². The molecule has 3 nitrogen and oxygen atoms in total. The highest BCUT2D eigenvalue weighted by atomic mass is 16.4. The SMILES string of the molecule is C=C(CNC(CC)CC1CC1)C(=O)O. The van der Waals surface area contributed by atoms with Crippen molar-refractivity contribution in [3.05, 3.63) is 12.2 Å². The zero-order valence-electron chi connectivity index (χ0n) is 8.75. The molecule has 1 rings (SSSR count). The lowest BCUT2D eigenvalue weighted by molar-refractivity contribution is -0.132. The van der Waals surface area contributed by atoms with Crippen molar-refractivity contribution in [3.8, 4) is 0 Å². The van der Waals surface area contributed by atoms with E-state index in [2.05, 4.69) is 18.8 Å². The molecule has 0 aliphatic heterocycles. The standard InChI is InChI=1S/C11H19NO2/c1-3-10(6-9-4-5-9)12-7-8(2)11(13)14/h9-10,12H,2-7H2,1H3,(H,13,14). The van der Waals surface area contributed by atoms with Crippen LogP contribution < -0.4 is 5.32 Å². The second-order valence-electron chi connectivity index (χ2n) is 4.07. The minimum atomic E-state index is -0.904. The summed E-state index contributed by atoms with van der Waals surface area (Å²) in [7, 11) is 0. The van der Waals surface area contributed by atoms with E-state index in [-0.39, 0.29) is 5.57 Å². The molecular weight excluding hydrogens is 178 g/mol. The van der Waals surface area contributed by atoms with Crippen molar-refractivity contribution in [2.75, 3.05) is 6.54 Å². The van der Waals surface area contributed by atoms with Gasteiger partial charge in [0.25, 0.3) is 0 Å². The number of carboxylic acids is 1. The molecule has 1 unspecified atom stereocenters. The van der Waals surface area contributed by atoms with Gasteiger partial charge in [0, 0.05) is 18.2 Å². The molecule has 0 aromatic rings. The molecule has 0 aromatic carbocycles. The van der Waals surface area contributed by atoms with Crippen molar-refractivity contribution < 1.29 is 9.90 Å². The fourth-order valence-electron chi connectivity index (χ4n) is 1.49. The van der Waals surface area contributed by atoms with Gasteiger partial charge in [0.15, 0.2) is 0 Å². The minimum Gasteiger partial charge on any atom is -0.478 e. The Kier molecular flexibility index (Phi) is 4.14. The van der Waals surface area contributed by atoms with Crippen LogP contribution in [0.25, 0.3) is 0 Å². The van der Waals surface area contributed by atoms with E-state index in [1.54, 1.807) is 0 Å². The van der Waals surface area contributed by atoms with Crippen molar-refractivity contribution in [2.45, 2.75) is 38.6 Å². The van der Waals surface area contributed by atoms with Crippen LogP contribution in [0.2, 0.25) is 0 Å². The maximum atomic E-state index is 10.5. The molecule has 1 aliphatic rings. The lowest BCUT2D eigenvalue weighted by atomic mass is 10.1. The predicted octanol–water partition coefficient (Wildman–Crippen LogP) is 1.80. The Bertz CT molecular complexity index is 221. The van der Waals surface area contributed by atoms with Crippen molar-refractivity contribution in [1.82, 2.24) is 5.32 Å². The summed E-state index contributed by atoms with van der Waals surface area (Å²) in [6.45, 7) is 6.03. The quantitative estimate of drug-likeness (QED) is 0.612. The number of rotatable bonds is 7. The third kappa shape index (κ3) is 3.92. The van der Waals surface area contributed by atoms with E-state index >= 15 is 0 Å². The van der Waals surface area contributed by atoms with Gasteiger partial charge in [0.2, 0.25) is 0 Å². The molecule has 1 atom stereocenters. The Morgan fingerprint density at radius 3 is 2.71 bits per heavy atom. The number of carbonyl (C=O) groups is 1. The molecule has 0 aromatic heterocycles. The minimum absolute atomic E-state index is 0.249. The lowest BCUT2D eigenvalue weighted by Crippen LogP contribution is -2.31. The molecule has 1 fully saturated rings. The van der Waals surface area contributed by atoms with Gasteiger partial charge in [-0.15, -0.1) is 0 Å². The van der Waals surface area contributed by atoms with Crippen LogP contribution in [0.15, 0.2) is 12.2 Å². The number of carboxylic acid groups (broad SMARTS) is 1. The molecular formula is C11H19NO2. The number of hydrogen-bond acceptors (Lipinski definition) is 2. The van der Waals surface area contributed by atoms with Crippen LogP contribution in [0.4, 0.5) is 0 Å². The van der Waals surface area contributed by atoms with Gasteiger partial charge in [0.1, 0.15) is 0 Å². The van der Waals surface area contributed by atoms with Gasteiger partial charge < -0.3 is 10.4 Å². The first-order chi connectivity index (χ1) is 6.63. The van der Waals surface area contributed by atoms with Crippen molar-refractivity contribution >= 4 is 5.97 Å². The Morgan fingerprint density at radius 2 is 2.29 bits per heavy atom. The van der Waals surface area contributed by atoms with Gasteiger partial charge in [-0.1, -0.05) is 26.3 Å². The van der Waals surface area contributed by atoms with E-state index < -0.39 is 5.97 Å². The summed E-state index contributed by atoms with van der Waals surface area (Å²) in [5, 5.41) is 11.9. The molecule has 3 heteroatoms.